The number of quaternary nitrogens is 1. The molecule has 2 saturated heterocycles. The molecule has 0 saturated carbocycles. The Morgan fingerprint density at radius 1 is 1.25 bits per heavy atom. The Labute approximate surface area is 147 Å². The number of hydrogen-bond donors (Lipinski definition) is 2. The minimum Gasteiger partial charge on any atom is -0.350 e. The fraction of sp³-hybridized carbons (Fsp3) is 0.941. The molecular formula is C17H34N3O3S+. The molecule has 2 aliphatic rings. The normalized spacial score (nSPS) is 29.3. The number of carbonyl (C=O) groups is 1. The minimum atomic E-state index is -3.20. The van der Waals surface area contributed by atoms with Crippen molar-refractivity contribution in [1.29, 1.82) is 0 Å². The van der Waals surface area contributed by atoms with Crippen LogP contribution in [0.25, 0.3) is 0 Å². The van der Waals surface area contributed by atoms with Crippen molar-refractivity contribution in [2.45, 2.75) is 58.4 Å². The van der Waals surface area contributed by atoms with E-state index in [0.717, 1.165) is 19.4 Å². The molecular weight excluding hydrogens is 326 g/mol. The van der Waals surface area contributed by atoms with Crippen LogP contribution in [0.3, 0.4) is 0 Å². The maximum Gasteiger partial charge on any atom is 0.224 e. The summed E-state index contributed by atoms with van der Waals surface area (Å²) in [5.74, 6) is 0.00648. The molecule has 3 unspecified atom stereocenters. The van der Waals surface area contributed by atoms with Crippen LogP contribution in [-0.4, -0.2) is 63.1 Å². The molecule has 0 radical (unpaired) electrons. The van der Waals surface area contributed by atoms with Gasteiger partial charge in [0.15, 0.2) is 0 Å². The van der Waals surface area contributed by atoms with Gasteiger partial charge in [0.1, 0.15) is 0 Å². The molecule has 0 aromatic carbocycles. The second-order valence-electron chi connectivity index (χ2n) is 7.36. The molecule has 2 N–H and O–H groups in total. The Kier molecular flexibility index (Phi) is 7.50. The number of likely N-dealkylation sites (tertiary alicyclic amines) is 1. The maximum absolute atomic E-state index is 12.4. The molecule has 0 spiro atoms. The van der Waals surface area contributed by atoms with Crippen LogP contribution in [0.2, 0.25) is 0 Å². The van der Waals surface area contributed by atoms with Crippen LogP contribution >= 0.6 is 0 Å². The fourth-order valence-electron chi connectivity index (χ4n) is 3.91. The first-order valence-corrected chi connectivity index (χ1v) is 11.1. The lowest BCUT2D eigenvalue weighted by molar-refractivity contribution is -0.927. The Morgan fingerprint density at radius 2 is 2.04 bits per heavy atom. The first-order chi connectivity index (χ1) is 11.4. The topological polar surface area (TPSA) is 70.9 Å². The van der Waals surface area contributed by atoms with Crippen molar-refractivity contribution in [2.75, 3.05) is 38.5 Å². The van der Waals surface area contributed by atoms with Crippen LogP contribution in [0.4, 0.5) is 0 Å². The second kappa shape index (κ2) is 9.15. The van der Waals surface area contributed by atoms with Crippen molar-refractivity contribution in [3.05, 3.63) is 0 Å². The van der Waals surface area contributed by atoms with Gasteiger partial charge in [-0.1, -0.05) is 6.92 Å². The quantitative estimate of drug-likeness (QED) is 0.672. The molecule has 7 heteroatoms. The van der Waals surface area contributed by atoms with Gasteiger partial charge in [-0.15, -0.1) is 0 Å². The van der Waals surface area contributed by atoms with Gasteiger partial charge in [0.2, 0.25) is 15.9 Å². The first-order valence-electron chi connectivity index (χ1n) is 9.54. The smallest absolute Gasteiger partial charge is 0.224 e. The van der Waals surface area contributed by atoms with E-state index in [1.54, 1.807) is 4.90 Å². The van der Waals surface area contributed by atoms with Crippen molar-refractivity contribution in [2.24, 2.45) is 5.92 Å². The molecule has 2 aliphatic heterocycles. The number of hydrogen-bond acceptors (Lipinski definition) is 3. The predicted octanol–water partition coefficient (Wildman–Crippen LogP) is 0.0117. The van der Waals surface area contributed by atoms with E-state index in [0.29, 0.717) is 32.1 Å². The Morgan fingerprint density at radius 3 is 2.75 bits per heavy atom. The highest BCUT2D eigenvalue weighted by molar-refractivity contribution is 7.89. The van der Waals surface area contributed by atoms with Gasteiger partial charge in [0.05, 0.1) is 37.3 Å². The van der Waals surface area contributed by atoms with E-state index in [1.807, 2.05) is 6.92 Å². The van der Waals surface area contributed by atoms with E-state index in [9.17, 15) is 13.2 Å². The van der Waals surface area contributed by atoms with Crippen LogP contribution < -0.4 is 10.2 Å². The van der Waals surface area contributed by atoms with E-state index in [2.05, 4.69) is 12.2 Å². The third kappa shape index (κ3) is 5.43. The van der Waals surface area contributed by atoms with Crippen LogP contribution in [0.5, 0.6) is 0 Å². The van der Waals surface area contributed by atoms with Gasteiger partial charge in [0, 0.05) is 13.1 Å². The summed E-state index contributed by atoms with van der Waals surface area (Å²) < 4.78 is 25.9. The van der Waals surface area contributed by atoms with Crippen LogP contribution in [0.1, 0.15) is 52.4 Å². The SMILES string of the molecule is CCCS(=O)(=O)N1CCCC(C(=O)NCC[NH+]2CCCCC2C)C1. The maximum atomic E-state index is 12.4. The third-order valence-corrected chi connectivity index (χ3v) is 7.48. The van der Waals surface area contributed by atoms with E-state index in [1.165, 1.54) is 30.1 Å². The largest absolute Gasteiger partial charge is 0.350 e. The van der Waals surface area contributed by atoms with Gasteiger partial charge in [-0.25, -0.2) is 12.7 Å². The third-order valence-electron chi connectivity index (χ3n) is 5.44. The molecule has 3 atom stereocenters. The zero-order valence-electron chi connectivity index (χ0n) is 15.2. The highest BCUT2D eigenvalue weighted by Crippen LogP contribution is 2.20. The highest BCUT2D eigenvalue weighted by Gasteiger charge is 2.32. The zero-order valence-corrected chi connectivity index (χ0v) is 16.0. The van der Waals surface area contributed by atoms with Gasteiger partial charge >= 0.3 is 0 Å². The summed E-state index contributed by atoms with van der Waals surface area (Å²) in [4.78, 5) is 14.0. The van der Waals surface area contributed by atoms with Crippen LogP contribution in [0.15, 0.2) is 0 Å². The summed E-state index contributed by atoms with van der Waals surface area (Å²) in [7, 11) is -3.20. The zero-order chi connectivity index (χ0) is 17.6. The number of carbonyl (C=O) groups excluding carboxylic acids is 1. The van der Waals surface area contributed by atoms with E-state index in [4.69, 9.17) is 0 Å². The minimum absolute atomic E-state index is 0.0236. The van der Waals surface area contributed by atoms with Crippen LogP contribution in [0, 0.1) is 5.92 Å². The average Bonchev–Trinajstić information content (AvgIpc) is 2.56. The van der Waals surface area contributed by atoms with Gasteiger partial charge in [0.25, 0.3) is 0 Å². The summed E-state index contributed by atoms with van der Waals surface area (Å²) in [6, 6.07) is 0.681. The summed E-state index contributed by atoms with van der Waals surface area (Å²) in [6.07, 6.45) is 6.05. The lowest BCUT2D eigenvalue weighted by atomic mass is 9.99. The number of rotatable bonds is 7. The molecule has 1 amide bonds. The Hall–Kier alpha value is -0.660. The van der Waals surface area contributed by atoms with Gasteiger partial charge in [-0.2, -0.15) is 0 Å². The second-order valence-corrected chi connectivity index (χ2v) is 9.45. The number of nitrogens with zero attached hydrogens (tertiary/aromatic N) is 1. The highest BCUT2D eigenvalue weighted by atomic mass is 32.2. The molecule has 0 bridgehead atoms. The summed E-state index contributed by atoms with van der Waals surface area (Å²) >= 11 is 0. The molecule has 2 fully saturated rings. The Bertz CT molecular complexity index is 509. The lowest BCUT2D eigenvalue weighted by Crippen LogP contribution is -3.16. The van der Waals surface area contributed by atoms with Crippen molar-refractivity contribution in [3.63, 3.8) is 0 Å². The van der Waals surface area contributed by atoms with Crippen molar-refractivity contribution in [1.82, 2.24) is 9.62 Å². The number of sulfonamides is 1. The molecule has 0 aromatic rings. The molecule has 2 heterocycles. The monoisotopic (exact) mass is 360 g/mol. The van der Waals surface area contributed by atoms with E-state index >= 15 is 0 Å². The standard InChI is InChI=1S/C17H33N3O3S/c1-3-13-24(22,23)20-11-6-8-16(14-20)17(21)18-9-12-19-10-5-4-7-15(19)2/h15-16H,3-14H2,1-2H3,(H,18,21)/p+1. The van der Waals surface area contributed by atoms with E-state index in [-0.39, 0.29) is 17.6 Å². The van der Waals surface area contributed by atoms with E-state index < -0.39 is 10.0 Å². The number of amides is 1. The molecule has 6 nitrogen and oxygen atoms in total. The summed E-state index contributed by atoms with van der Waals surface area (Å²) in [5.41, 5.74) is 0. The first kappa shape index (κ1) is 19.7. The predicted molar refractivity (Wildman–Crippen MR) is 95.4 cm³/mol. The summed E-state index contributed by atoms with van der Waals surface area (Å²) in [5, 5.41) is 3.04. The Balaban J connectivity index is 1.77. The van der Waals surface area contributed by atoms with Gasteiger partial charge in [-0.3, -0.25) is 4.79 Å². The van der Waals surface area contributed by atoms with Gasteiger partial charge in [-0.05, 0) is 45.4 Å². The molecule has 24 heavy (non-hydrogen) atoms. The number of nitrogens with one attached hydrogen (secondary N) is 2. The molecule has 0 aliphatic carbocycles. The molecule has 2 rings (SSSR count). The molecule has 0 aromatic heterocycles. The van der Waals surface area contributed by atoms with Crippen molar-refractivity contribution in [3.8, 4) is 0 Å². The van der Waals surface area contributed by atoms with Crippen molar-refractivity contribution >= 4 is 15.9 Å². The molecule has 140 valence electrons. The van der Waals surface area contributed by atoms with Crippen LogP contribution in [-0.2, 0) is 14.8 Å². The average molecular weight is 361 g/mol. The number of piperidine rings is 2. The summed E-state index contributed by atoms with van der Waals surface area (Å²) in [6.45, 7) is 7.92. The van der Waals surface area contributed by atoms with Crippen molar-refractivity contribution < 1.29 is 18.1 Å². The lowest BCUT2D eigenvalue weighted by Gasteiger charge is -2.32. The van der Waals surface area contributed by atoms with Gasteiger partial charge < -0.3 is 10.2 Å². The fourth-order valence-corrected chi connectivity index (χ4v) is 5.50.